The molecule has 0 unspecified atom stereocenters. The molecule has 25 heavy (non-hydrogen) atoms. The van der Waals surface area contributed by atoms with Crippen LogP contribution in [0.2, 0.25) is 29.8 Å². The van der Waals surface area contributed by atoms with Crippen molar-refractivity contribution in [1.29, 1.82) is 0 Å². The van der Waals surface area contributed by atoms with Crippen LogP contribution in [0.25, 0.3) is 0 Å². The van der Waals surface area contributed by atoms with Crippen molar-refractivity contribution in [3.63, 3.8) is 0 Å². The van der Waals surface area contributed by atoms with E-state index in [1.54, 1.807) is 0 Å². The van der Waals surface area contributed by atoms with E-state index in [0.29, 0.717) is 0 Å². The summed E-state index contributed by atoms with van der Waals surface area (Å²) in [7, 11) is -3.61. The van der Waals surface area contributed by atoms with Gasteiger partial charge in [0.1, 0.15) is 0 Å². The molecule has 0 saturated carbocycles. The van der Waals surface area contributed by atoms with Crippen LogP contribution >= 0.6 is 0 Å². The summed E-state index contributed by atoms with van der Waals surface area (Å²) in [6.45, 7) is 22.8. The van der Waals surface area contributed by atoms with Gasteiger partial charge in [0.15, 0.2) is 16.6 Å². The minimum Gasteiger partial charge on any atom is -0.412 e. The molecule has 0 radical (unpaired) electrons. The molecule has 0 aliphatic carbocycles. The third-order valence-corrected chi connectivity index (χ3v) is 17.4. The highest BCUT2D eigenvalue weighted by Crippen LogP contribution is 2.40. The molecular formula is C21H48O2Si2. The van der Waals surface area contributed by atoms with Crippen molar-refractivity contribution in [3.8, 4) is 0 Å². The zero-order valence-electron chi connectivity index (χ0n) is 19.2. The van der Waals surface area contributed by atoms with Crippen LogP contribution in [-0.2, 0) is 8.85 Å². The van der Waals surface area contributed by atoms with Crippen molar-refractivity contribution in [2.24, 2.45) is 0 Å². The maximum absolute atomic E-state index is 6.96. The summed E-state index contributed by atoms with van der Waals surface area (Å²) in [5.74, 6) is 0. The lowest BCUT2D eigenvalue weighted by atomic mass is 10.2. The van der Waals surface area contributed by atoms with E-state index in [2.05, 4.69) is 69.2 Å². The van der Waals surface area contributed by atoms with Gasteiger partial charge in [-0.3, -0.25) is 0 Å². The lowest BCUT2D eigenvalue weighted by molar-refractivity contribution is 0.106. The van der Waals surface area contributed by atoms with Gasteiger partial charge < -0.3 is 8.85 Å². The van der Waals surface area contributed by atoms with Gasteiger partial charge in [0.05, 0.1) is 0 Å². The number of hydrogen-bond donors (Lipinski definition) is 0. The molecule has 0 aromatic rings. The van der Waals surface area contributed by atoms with Crippen LogP contribution in [0.4, 0.5) is 0 Å². The lowest BCUT2D eigenvalue weighted by Gasteiger charge is -2.46. The summed E-state index contributed by atoms with van der Waals surface area (Å²) in [6.07, 6.45) is 4.95. The fourth-order valence-electron chi connectivity index (χ4n) is 4.59. The Morgan fingerprint density at radius 1 is 0.520 bits per heavy atom. The molecule has 2 nitrogen and oxygen atoms in total. The Labute approximate surface area is 161 Å². The maximum Gasteiger partial charge on any atom is 0.193 e. The second-order valence-corrected chi connectivity index (χ2v) is 18.5. The Kier molecular flexibility index (Phi) is 10.8. The van der Waals surface area contributed by atoms with E-state index in [0.717, 1.165) is 0 Å². The van der Waals surface area contributed by atoms with Gasteiger partial charge in [0, 0.05) is 11.2 Å². The topological polar surface area (TPSA) is 18.5 Å². The van der Waals surface area contributed by atoms with E-state index >= 15 is 0 Å². The van der Waals surface area contributed by atoms with Crippen molar-refractivity contribution in [1.82, 2.24) is 0 Å². The van der Waals surface area contributed by atoms with Gasteiger partial charge in [-0.2, -0.15) is 0 Å². The van der Waals surface area contributed by atoms with Gasteiger partial charge in [-0.05, 0) is 71.4 Å². The first-order valence-electron chi connectivity index (χ1n) is 10.8. The van der Waals surface area contributed by atoms with E-state index in [1.807, 2.05) is 0 Å². The molecule has 0 N–H and O–H groups in total. The molecule has 0 amide bonds. The van der Waals surface area contributed by atoms with E-state index in [-0.39, 0.29) is 11.2 Å². The molecule has 152 valence electrons. The highest BCUT2D eigenvalue weighted by molar-refractivity contribution is 6.92. The zero-order chi connectivity index (χ0) is 19.8. The van der Waals surface area contributed by atoms with Crippen LogP contribution in [0.3, 0.4) is 0 Å². The standard InChI is InChI=1S/C21H48O2Si2/c1-11-15-24(16-12-2,22-20(5,6)7)19-25(17-13-3,18-14-4)23-21(8,9)10/h11-19H2,1-10H3. The quantitative estimate of drug-likeness (QED) is 0.319. The van der Waals surface area contributed by atoms with Crippen molar-refractivity contribution >= 4 is 16.6 Å². The first kappa shape index (κ1) is 25.4. The van der Waals surface area contributed by atoms with E-state index < -0.39 is 16.6 Å². The third kappa shape index (κ3) is 10.3. The van der Waals surface area contributed by atoms with E-state index in [9.17, 15) is 0 Å². The SMILES string of the molecule is CCC[Si](CCC)(C[Si](CCC)(CCC)OC(C)(C)C)OC(C)(C)C. The summed E-state index contributed by atoms with van der Waals surface area (Å²) < 4.78 is 13.9. The van der Waals surface area contributed by atoms with Gasteiger partial charge >= 0.3 is 0 Å². The normalized spacial score (nSPS) is 14.2. The van der Waals surface area contributed by atoms with Gasteiger partial charge in [0.2, 0.25) is 0 Å². The molecule has 0 heterocycles. The maximum atomic E-state index is 6.96. The molecule has 0 aliphatic heterocycles. The molecular weight excluding hydrogens is 340 g/mol. The average molecular weight is 389 g/mol. The van der Waals surface area contributed by atoms with Crippen molar-refractivity contribution in [2.75, 3.05) is 0 Å². The Bertz CT molecular complexity index is 310. The third-order valence-electron chi connectivity index (χ3n) is 4.51. The fraction of sp³-hybridized carbons (Fsp3) is 1.00. The monoisotopic (exact) mass is 388 g/mol. The Balaban J connectivity index is 5.89. The summed E-state index contributed by atoms with van der Waals surface area (Å²) in [5.41, 5.74) is 1.20. The largest absolute Gasteiger partial charge is 0.412 e. The molecule has 0 aromatic heterocycles. The second kappa shape index (κ2) is 10.6. The van der Waals surface area contributed by atoms with Gasteiger partial charge in [-0.15, -0.1) is 0 Å². The lowest BCUT2D eigenvalue weighted by Crippen LogP contribution is -2.55. The second-order valence-electron chi connectivity index (χ2n) is 9.97. The van der Waals surface area contributed by atoms with Crippen molar-refractivity contribution < 1.29 is 8.85 Å². The highest BCUT2D eigenvalue weighted by atomic mass is 28.4. The molecule has 0 spiro atoms. The molecule has 0 aliphatic rings. The first-order valence-corrected chi connectivity index (χ1v) is 15.8. The Morgan fingerprint density at radius 2 is 0.760 bits per heavy atom. The van der Waals surface area contributed by atoms with Gasteiger partial charge in [0.25, 0.3) is 0 Å². The van der Waals surface area contributed by atoms with Crippen LogP contribution < -0.4 is 0 Å². The van der Waals surface area contributed by atoms with Crippen LogP contribution in [0.5, 0.6) is 0 Å². The van der Waals surface area contributed by atoms with Crippen molar-refractivity contribution in [2.45, 2.75) is 136 Å². The van der Waals surface area contributed by atoms with Crippen LogP contribution in [-0.4, -0.2) is 27.8 Å². The predicted octanol–water partition coefficient (Wildman–Crippen LogP) is 7.69. The molecule has 0 bridgehead atoms. The van der Waals surface area contributed by atoms with Crippen molar-refractivity contribution in [3.05, 3.63) is 0 Å². The van der Waals surface area contributed by atoms with Crippen LogP contribution in [0, 0.1) is 0 Å². The molecule has 0 fully saturated rings. The minimum absolute atomic E-state index is 0.0448. The van der Waals surface area contributed by atoms with E-state index in [4.69, 9.17) is 8.85 Å². The first-order chi connectivity index (χ1) is 11.4. The number of hydrogen-bond acceptors (Lipinski definition) is 2. The Morgan fingerprint density at radius 3 is 0.920 bits per heavy atom. The highest BCUT2D eigenvalue weighted by Gasteiger charge is 2.48. The zero-order valence-corrected chi connectivity index (χ0v) is 21.2. The minimum atomic E-state index is -1.80. The predicted molar refractivity (Wildman–Crippen MR) is 118 cm³/mol. The van der Waals surface area contributed by atoms with E-state index in [1.165, 1.54) is 55.5 Å². The molecule has 0 saturated heterocycles. The summed E-state index contributed by atoms with van der Waals surface area (Å²) in [5, 5.41) is 0. The average Bonchev–Trinajstić information content (AvgIpc) is 2.35. The van der Waals surface area contributed by atoms with Gasteiger partial charge in [-0.25, -0.2) is 0 Å². The molecule has 0 aromatic carbocycles. The summed E-state index contributed by atoms with van der Waals surface area (Å²) >= 11 is 0. The van der Waals surface area contributed by atoms with Crippen LogP contribution in [0.15, 0.2) is 0 Å². The smallest absolute Gasteiger partial charge is 0.193 e. The van der Waals surface area contributed by atoms with Crippen LogP contribution in [0.1, 0.15) is 94.9 Å². The number of rotatable bonds is 12. The molecule has 0 atom stereocenters. The summed E-state index contributed by atoms with van der Waals surface area (Å²) in [4.78, 5) is 0. The molecule has 0 rings (SSSR count). The van der Waals surface area contributed by atoms with Gasteiger partial charge in [-0.1, -0.05) is 53.4 Å². The Hall–Kier alpha value is 0.354. The summed E-state index contributed by atoms with van der Waals surface area (Å²) in [6, 6.07) is 5.14. The fourth-order valence-corrected chi connectivity index (χ4v) is 19.8. The molecule has 4 heteroatoms.